The van der Waals surface area contributed by atoms with Crippen LogP contribution in [0.4, 0.5) is 10.1 Å². The standard InChI is InChI=1S/C18H20FN3O2/c1-14(24-17-4-2-3-15(19)13-17)18(23)22-11-9-21(10-12-22)16-5-7-20-8-6-16/h2-8,13-14H,9-12H2,1H3. The Balaban J connectivity index is 1.55. The van der Waals surface area contributed by atoms with Crippen molar-refractivity contribution in [1.82, 2.24) is 9.88 Å². The molecular formula is C18H20FN3O2. The summed E-state index contributed by atoms with van der Waals surface area (Å²) in [5.74, 6) is -0.0852. The Morgan fingerprint density at radius 3 is 2.54 bits per heavy atom. The first-order valence-electron chi connectivity index (χ1n) is 7.99. The van der Waals surface area contributed by atoms with Gasteiger partial charge in [0, 0.05) is 50.3 Å². The van der Waals surface area contributed by atoms with Gasteiger partial charge in [-0.2, -0.15) is 0 Å². The largest absolute Gasteiger partial charge is 0.481 e. The first-order chi connectivity index (χ1) is 11.6. The summed E-state index contributed by atoms with van der Waals surface area (Å²) in [6.07, 6.45) is 2.89. The lowest BCUT2D eigenvalue weighted by molar-refractivity contribution is -0.138. The Morgan fingerprint density at radius 2 is 1.88 bits per heavy atom. The Bertz CT molecular complexity index is 688. The minimum absolute atomic E-state index is 0.0753. The number of ether oxygens (including phenoxy) is 1. The monoisotopic (exact) mass is 329 g/mol. The van der Waals surface area contributed by atoms with Gasteiger partial charge in [-0.15, -0.1) is 0 Å². The molecule has 2 heterocycles. The van der Waals surface area contributed by atoms with Crippen molar-refractivity contribution in [3.8, 4) is 5.75 Å². The molecule has 1 saturated heterocycles. The topological polar surface area (TPSA) is 45.7 Å². The predicted octanol–water partition coefficient (Wildman–Crippen LogP) is 2.34. The first kappa shape index (κ1) is 16.2. The van der Waals surface area contributed by atoms with Gasteiger partial charge in [-0.25, -0.2) is 4.39 Å². The number of halogens is 1. The van der Waals surface area contributed by atoms with E-state index in [1.807, 2.05) is 12.1 Å². The van der Waals surface area contributed by atoms with E-state index in [-0.39, 0.29) is 11.7 Å². The maximum absolute atomic E-state index is 13.2. The molecule has 0 aliphatic carbocycles. The number of amides is 1. The summed E-state index contributed by atoms with van der Waals surface area (Å²) in [7, 11) is 0. The molecule has 1 aromatic heterocycles. The summed E-state index contributed by atoms with van der Waals surface area (Å²) in [5.41, 5.74) is 1.11. The van der Waals surface area contributed by atoms with Crippen molar-refractivity contribution in [3.05, 3.63) is 54.6 Å². The van der Waals surface area contributed by atoms with Crippen molar-refractivity contribution in [3.63, 3.8) is 0 Å². The van der Waals surface area contributed by atoms with Crippen molar-refractivity contribution in [2.24, 2.45) is 0 Å². The van der Waals surface area contributed by atoms with Crippen LogP contribution in [0.25, 0.3) is 0 Å². The van der Waals surface area contributed by atoms with E-state index < -0.39 is 6.10 Å². The van der Waals surface area contributed by atoms with E-state index in [0.29, 0.717) is 18.8 Å². The summed E-state index contributed by atoms with van der Waals surface area (Å²) < 4.78 is 18.8. The van der Waals surface area contributed by atoms with Crippen LogP contribution in [0.15, 0.2) is 48.8 Å². The van der Waals surface area contributed by atoms with Gasteiger partial charge in [0.25, 0.3) is 5.91 Å². The number of carbonyl (C=O) groups excluding carboxylic acids is 1. The molecule has 0 N–H and O–H groups in total. The van der Waals surface area contributed by atoms with Gasteiger partial charge in [0.05, 0.1) is 0 Å². The molecular weight excluding hydrogens is 309 g/mol. The summed E-state index contributed by atoms with van der Waals surface area (Å²) in [5, 5.41) is 0. The molecule has 24 heavy (non-hydrogen) atoms. The minimum atomic E-state index is -0.640. The van der Waals surface area contributed by atoms with E-state index in [2.05, 4.69) is 9.88 Å². The quantitative estimate of drug-likeness (QED) is 0.864. The Hall–Kier alpha value is -2.63. The van der Waals surface area contributed by atoms with E-state index >= 15 is 0 Å². The third kappa shape index (κ3) is 3.82. The number of aromatic nitrogens is 1. The van der Waals surface area contributed by atoms with Gasteiger partial charge < -0.3 is 14.5 Å². The van der Waals surface area contributed by atoms with E-state index in [9.17, 15) is 9.18 Å². The van der Waals surface area contributed by atoms with Gasteiger partial charge in [-0.1, -0.05) is 6.07 Å². The zero-order valence-corrected chi connectivity index (χ0v) is 13.6. The molecule has 1 atom stereocenters. The molecule has 0 spiro atoms. The van der Waals surface area contributed by atoms with Crippen molar-refractivity contribution in [1.29, 1.82) is 0 Å². The first-order valence-corrected chi connectivity index (χ1v) is 7.99. The Labute approximate surface area is 140 Å². The average molecular weight is 329 g/mol. The fourth-order valence-electron chi connectivity index (χ4n) is 2.79. The molecule has 0 saturated carbocycles. The predicted molar refractivity (Wildman–Crippen MR) is 89.5 cm³/mol. The highest BCUT2D eigenvalue weighted by atomic mass is 19.1. The average Bonchev–Trinajstić information content (AvgIpc) is 2.62. The molecule has 0 radical (unpaired) electrons. The van der Waals surface area contributed by atoms with Crippen LogP contribution in [0, 0.1) is 5.82 Å². The van der Waals surface area contributed by atoms with Crippen molar-refractivity contribution >= 4 is 11.6 Å². The number of hydrogen-bond donors (Lipinski definition) is 0. The summed E-state index contributed by atoms with van der Waals surface area (Å²) in [6, 6.07) is 9.77. The number of benzene rings is 1. The van der Waals surface area contributed by atoms with Crippen molar-refractivity contribution < 1.29 is 13.9 Å². The lowest BCUT2D eigenvalue weighted by Gasteiger charge is -2.37. The zero-order chi connectivity index (χ0) is 16.9. The number of piperazine rings is 1. The molecule has 1 aliphatic heterocycles. The van der Waals surface area contributed by atoms with Gasteiger partial charge in [0.15, 0.2) is 6.10 Å². The van der Waals surface area contributed by atoms with E-state index in [1.165, 1.54) is 12.1 Å². The smallest absolute Gasteiger partial charge is 0.263 e. The Morgan fingerprint density at radius 1 is 1.17 bits per heavy atom. The highest BCUT2D eigenvalue weighted by Crippen LogP contribution is 2.17. The van der Waals surface area contributed by atoms with E-state index in [0.717, 1.165) is 18.8 Å². The lowest BCUT2D eigenvalue weighted by atomic mass is 10.2. The summed E-state index contributed by atoms with van der Waals surface area (Å²) >= 11 is 0. The van der Waals surface area contributed by atoms with Crippen LogP contribution < -0.4 is 9.64 Å². The minimum Gasteiger partial charge on any atom is -0.481 e. The van der Waals surface area contributed by atoms with Gasteiger partial charge >= 0.3 is 0 Å². The third-order valence-electron chi connectivity index (χ3n) is 4.08. The summed E-state index contributed by atoms with van der Waals surface area (Å²) in [6.45, 7) is 4.50. The zero-order valence-electron chi connectivity index (χ0n) is 13.6. The molecule has 1 aliphatic rings. The Kier molecular flexibility index (Phi) is 4.93. The fraction of sp³-hybridized carbons (Fsp3) is 0.333. The van der Waals surface area contributed by atoms with Gasteiger partial charge in [-0.05, 0) is 31.2 Å². The maximum atomic E-state index is 13.2. The number of pyridine rings is 1. The van der Waals surface area contributed by atoms with Crippen LogP contribution in [-0.4, -0.2) is 48.1 Å². The molecule has 1 unspecified atom stereocenters. The molecule has 6 heteroatoms. The normalized spacial score (nSPS) is 15.9. The number of rotatable bonds is 4. The fourth-order valence-corrected chi connectivity index (χ4v) is 2.79. The molecule has 3 rings (SSSR count). The second kappa shape index (κ2) is 7.29. The molecule has 126 valence electrons. The van der Waals surface area contributed by atoms with Crippen LogP contribution in [0.1, 0.15) is 6.92 Å². The van der Waals surface area contributed by atoms with Gasteiger partial charge in [-0.3, -0.25) is 9.78 Å². The number of nitrogens with zero attached hydrogens (tertiary/aromatic N) is 3. The van der Waals surface area contributed by atoms with E-state index in [4.69, 9.17) is 4.74 Å². The second-order valence-electron chi connectivity index (χ2n) is 5.74. The van der Waals surface area contributed by atoms with Gasteiger partial charge in [0.2, 0.25) is 0 Å². The second-order valence-corrected chi connectivity index (χ2v) is 5.74. The number of anilines is 1. The van der Waals surface area contributed by atoms with Crippen LogP contribution in [0.2, 0.25) is 0 Å². The van der Waals surface area contributed by atoms with Crippen LogP contribution in [-0.2, 0) is 4.79 Å². The lowest BCUT2D eigenvalue weighted by Crippen LogP contribution is -2.52. The SMILES string of the molecule is CC(Oc1cccc(F)c1)C(=O)N1CCN(c2ccncc2)CC1. The molecule has 1 fully saturated rings. The van der Waals surface area contributed by atoms with E-state index in [1.54, 1.807) is 36.4 Å². The van der Waals surface area contributed by atoms with Crippen LogP contribution in [0.3, 0.4) is 0 Å². The molecule has 5 nitrogen and oxygen atoms in total. The molecule has 0 bridgehead atoms. The highest BCUT2D eigenvalue weighted by Gasteiger charge is 2.26. The molecule has 1 aromatic carbocycles. The number of hydrogen-bond acceptors (Lipinski definition) is 4. The summed E-state index contributed by atoms with van der Waals surface area (Å²) in [4.78, 5) is 20.5. The van der Waals surface area contributed by atoms with Gasteiger partial charge in [0.1, 0.15) is 11.6 Å². The third-order valence-corrected chi connectivity index (χ3v) is 4.08. The van der Waals surface area contributed by atoms with Crippen LogP contribution >= 0.6 is 0 Å². The molecule has 1 amide bonds. The van der Waals surface area contributed by atoms with Crippen molar-refractivity contribution in [2.45, 2.75) is 13.0 Å². The molecule has 2 aromatic rings. The van der Waals surface area contributed by atoms with Crippen molar-refractivity contribution in [2.75, 3.05) is 31.1 Å². The maximum Gasteiger partial charge on any atom is 0.263 e. The highest BCUT2D eigenvalue weighted by molar-refractivity contribution is 5.81. The van der Waals surface area contributed by atoms with Crippen LogP contribution in [0.5, 0.6) is 5.75 Å². The number of carbonyl (C=O) groups is 1.